The first-order valence-corrected chi connectivity index (χ1v) is 5.12. The van der Waals surface area contributed by atoms with Gasteiger partial charge in [0.1, 0.15) is 12.0 Å². The maximum atomic E-state index is 13.7. The third kappa shape index (κ3) is 2.16. The number of hydrogen-bond acceptors (Lipinski definition) is 5. The quantitative estimate of drug-likeness (QED) is 0.738. The lowest BCUT2D eigenvalue weighted by Gasteiger charge is -2.30. The summed E-state index contributed by atoms with van der Waals surface area (Å²) < 4.78 is 32.1. The smallest absolute Gasteiger partial charge is 0.181 e. The molecule has 7 heteroatoms. The number of halogens is 2. The Hall–Kier alpha value is -1.47. The molecule has 94 valence electrons. The van der Waals surface area contributed by atoms with Crippen molar-refractivity contribution in [3.63, 3.8) is 0 Å². The van der Waals surface area contributed by atoms with Gasteiger partial charge in [-0.15, -0.1) is 0 Å². The second-order valence-electron chi connectivity index (χ2n) is 3.88. The number of alkyl halides is 1. The maximum Gasteiger partial charge on any atom is 0.181 e. The molecule has 0 amide bonds. The molecule has 0 aromatic carbocycles. The first-order valence-electron chi connectivity index (χ1n) is 5.12. The van der Waals surface area contributed by atoms with Crippen molar-refractivity contribution in [2.24, 2.45) is 10.7 Å². The lowest BCUT2D eigenvalue weighted by molar-refractivity contribution is -0.0557. The van der Waals surface area contributed by atoms with Crippen LogP contribution < -0.4 is 5.73 Å². The summed E-state index contributed by atoms with van der Waals surface area (Å²) in [6, 6.07) is 0. The van der Waals surface area contributed by atoms with Crippen molar-refractivity contribution in [2.45, 2.75) is 24.9 Å². The zero-order valence-electron chi connectivity index (χ0n) is 9.01. The standard InChI is InChI=1S/C10H13F2N3O2/c1-5-14-9(13)8(12)3-15(5)10-7(11)2-6(4-16)17-10/h3,6-7,10,16H,1-2,4H2,(H2,13,14)/t6-,7?,10+/m0/s1. The zero-order valence-corrected chi connectivity index (χ0v) is 9.01. The van der Waals surface area contributed by atoms with Crippen molar-refractivity contribution in [1.82, 2.24) is 4.90 Å². The molecule has 0 bridgehead atoms. The minimum absolute atomic E-state index is 0.0552. The summed E-state index contributed by atoms with van der Waals surface area (Å²) in [7, 11) is 0. The molecule has 2 aliphatic rings. The van der Waals surface area contributed by atoms with Crippen LogP contribution in [-0.4, -0.2) is 41.0 Å². The fourth-order valence-electron chi connectivity index (χ4n) is 1.80. The predicted molar refractivity (Wildman–Crippen MR) is 57.1 cm³/mol. The maximum absolute atomic E-state index is 13.7. The van der Waals surface area contributed by atoms with E-state index >= 15 is 0 Å². The summed E-state index contributed by atoms with van der Waals surface area (Å²) in [5.41, 5.74) is 5.26. The van der Waals surface area contributed by atoms with Crippen LogP contribution in [0.3, 0.4) is 0 Å². The number of ether oxygens (including phenoxy) is 1. The van der Waals surface area contributed by atoms with E-state index in [2.05, 4.69) is 11.6 Å². The number of rotatable bonds is 2. The summed E-state index contributed by atoms with van der Waals surface area (Å²) in [5, 5.41) is 8.89. The van der Waals surface area contributed by atoms with Gasteiger partial charge < -0.3 is 20.5 Å². The zero-order chi connectivity index (χ0) is 12.6. The molecule has 0 aliphatic carbocycles. The third-order valence-corrected chi connectivity index (χ3v) is 2.65. The van der Waals surface area contributed by atoms with Crippen molar-refractivity contribution in [1.29, 1.82) is 0 Å². The van der Waals surface area contributed by atoms with E-state index < -0.39 is 24.3 Å². The molecule has 3 atom stereocenters. The van der Waals surface area contributed by atoms with Crippen LogP contribution in [0, 0.1) is 0 Å². The highest BCUT2D eigenvalue weighted by atomic mass is 19.1. The van der Waals surface area contributed by atoms with Crippen molar-refractivity contribution >= 4 is 5.84 Å². The summed E-state index contributed by atoms with van der Waals surface area (Å²) in [6.07, 6.45) is -1.91. The highest BCUT2D eigenvalue weighted by molar-refractivity contribution is 5.96. The van der Waals surface area contributed by atoms with Crippen LogP contribution in [0.1, 0.15) is 6.42 Å². The third-order valence-electron chi connectivity index (χ3n) is 2.65. The number of aliphatic hydroxyl groups is 1. The van der Waals surface area contributed by atoms with Crippen LogP contribution in [0.15, 0.2) is 29.4 Å². The van der Waals surface area contributed by atoms with Gasteiger partial charge in [-0.2, -0.15) is 0 Å². The van der Waals surface area contributed by atoms with Crippen molar-refractivity contribution < 1.29 is 18.6 Å². The van der Waals surface area contributed by atoms with Crippen LogP contribution in [0.4, 0.5) is 8.78 Å². The van der Waals surface area contributed by atoms with Crippen molar-refractivity contribution in [2.75, 3.05) is 6.61 Å². The molecular weight excluding hydrogens is 232 g/mol. The Bertz CT molecular complexity index is 397. The molecule has 0 aromatic rings. The molecular formula is C10H13F2N3O2. The Morgan fingerprint density at radius 1 is 1.71 bits per heavy atom. The Morgan fingerprint density at radius 3 is 3.00 bits per heavy atom. The van der Waals surface area contributed by atoms with E-state index in [0.717, 1.165) is 11.1 Å². The molecule has 0 spiro atoms. The lowest BCUT2D eigenvalue weighted by Crippen LogP contribution is -2.38. The summed E-state index contributed by atoms with van der Waals surface area (Å²) in [5.74, 6) is -0.950. The molecule has 2 aliphatic heterocycles. The number of aliphatic imine (C=N–C) groups is 1. The minimum atomic E-state index is -1.34. The first-order chi connectivity index (χ1) is 8.02. The van der Waals surface area contributed by atoms with E-state index in [0.29, 0.717) is 0 Å². The normalized spacial score (nSPS) is 33.7. The SMILES string of the molecule is C=C1N=C(N)C(F)=CN1[C@@H]1O[C@H](CO)CC1F. The Labute approximate surface area is 96.9 Å². The van der Waals surface area contributed by atoms with Gasteiger partial charge in [-0.3, -0.25) is 0 Å². The van der Waals surface area contributed by atoms with E-state index in [1.54, 1.807) is 0 Å². The number of amidine groups is 1. The summed E-state index contributed by atoms with van der Waals surface area (Å²) >= 11 is 0. The number of nitrogens with two attached hydrogens (primary N) is 1. The minimum Gasteiger partial charge on any atom is -0.394 e. The van der Waals surface area contributed by atoms with E-state index in [-0.39, 0.29) is 24.7 Å². The molecule has 0 aromatic heterocycles. The molecule has 0 radical (unpaired) electrons. The molecule has 2 rings (SSSR count). The second kappa shape index (κ2) is 4.42. The van der Waals surface area contributed by atoms with Crippen molar-refractivity contribution in [3.05, 3.63) is 24.4 Å². The largest absolute Gasteiger partial charge is 0.394 e. The molecule has 2 heterocycles. The molecule has 1 unspecified atom stereocenters. The van der Waals surface area contributed by atoms with Gasteiger partial charge in [-0.25, -0.2) is 13.8 Å². The van der Waals surface area contributed by atoms with Gasteiger partial charge in [0.2, 0.25) is 0 Å². The Kier molecular flexibility index (Phi) is 3.12. The molecule has 1 saturated heterocycles. The average molecular weight is 245 g/mol. The van der Waals surface area contributed by atoms with Gasteiger partial charge >= 0.3 is 0 Å². The van der Waals surface area contributed by atoms with E-state index in [9.17, 15) is 8.78 Å². The van der Waals surface area contributed by atoms with E-state index in [1.807, 2.05) is 0 Å². The fraction of sp³-hybridized carbons (Fsp3) is 0.500. The van der Waals surface area contributed by atoms with Gasteiger partial charge in [0.15, 0.2) is 17.9 Å². The first kappa shape index (κ1) is 12.0. The van der Waals surface area contributed by atoms with Gasteiger partial charge in [0.25, 0.3) is 0 Å². The summed E-state index contributed by atoms with van der Waals surface area (Å²) in [4.78, 5) is 4.79. The number of hydrogen-bond donors (Lipinski definition) is 2. The summed E-state index contributed by atoms with van der Waals surface area (Å²) in [6.45, 7) is 3.27. The van der Waals surface area contributed by atoms with Crippen LogP contribution in [0.5, 0.6) is 0 Å². The second-order valence-corrected chi connectivity index (χ2v) is 3.88. The number of nitrogens with zero attached hydrogens (tertiary/aromatic N) is 2. The monoisotopic (exact) mass is 245 g/mol. The van der Waals surface area contributed by atoms with E-state index in [4.69, 9.17) is 15.6 Å². The molecule has 5 nitrogen and oxygen atoms in total. The molecule has 1 fully saturated rings. The van der Waals surface area contributed by atoms with Crippen molar-refractivity contribution in [3.8, 4) is 0 Å². The molecule has 17 heavy (non-hydrogen) atoms. The van der Waals surface area contributed by atoms with Gasteiger partial charge in [-0.1, -0.05) is 6.58 Å². The highest BCUT2D eigenvalue weighted by Crippen LogP contribution is 2.30. The van der Waals surface area contributed by atoms with Crippen LogP contribution >= 0.6 is 0 Å². The Morgan fingerprint density at radius 2 is 2.41 bits per heavy atom. The highest BCUT2D eigenvalue weighted by Gasteiger charge is 2.40. The van der Waals surface area contributed by atoms with Gasteiger partial charge in [-0.05, 0) is 0 Å². The van der Waals surface area contributed by atoms with E-state index in [1.165, 1.54) is 0 Å². The molecule has 3 N–H and O–H groups in total. The number of aliphatic hydroxyl groups excluding tert-OH is 1. The van der Waals surface area contributed by atoms with Crippen LogP contribution in [0.2, 0.25) is 0 Å². The average Bonchev–Trinajstić information content (AvgIpc) is 2.65. The topological polar surface area (TPSA) is 71.1 Å². The fourth-order valence-corrected chi connectivity index (χ4v) is 1.80. The van der Waals surface area contributed by atoms with Gasteiger partial charge in [0, 0.05) is 12.6 Å². The van der Waals surface area contributed by atoms with Crippen LogP contribution in [-0.2, 0) is 4.74 Å². The lowest BCUT2D eigenvalue weighted by atomic mass is 10.2. The van der Waals surface area contributed by atoms with Gasteiger partial charge in [0.05, 0.1) is 12.7 Å². The Balaban J connectivity index is 2.16. The predicted octanol–water partition coefficient (Wildman–Crippen LogP) is 0.387. The van der Waals surface area contributed by atoms with Crippen LogP contribution in [0.25, 0.3) is 0 Å². The molecule has 0 saturated carbocycles.